The Morgan fingerprint density at radius 3 is 2.71 bits per heavy atom. The summed E-state index contributed by atoms with van der Waals surface area (Å²) in [7, 11) is 0. The molecule has 3 atom stereocenters. The van der Waals surface area contributed by atoms with E-state index in [1.807, 2.05) is 0 Å². The van der Waals surface area contributed by atoms with Crippen LogP contribution in [0.1, 0.15) is 6.04 Å². The van der Waals surface area contributed by atoms with Gasteiger partial charge in [0.05, 0.1) is 12.4 Å². The molecule has 88 valence electrons. The van der Waals surface area contributed by atoms with Gasteiger partial charge >= 0.3 is 0 Å². The van der Waals surface area contributed by atoms with Gasteiger partial charge < -0.3 is 20.5 Å². The van der Waals surface area contributed by atoms with Gasteiger partial charge in [-0.15, -0.1) is 0 Å². The molecule has 0 aromatic carbocycles. The van der Waals surface area contributed by atoms with Crippen LogP contribution in [0.2, 0.25) is 0 Å². The third-order valence-electron chi connectivity index (χ3n) is 2.91. The molecule has 2 aromatic rings. The fourth-order valence-corrected chi connectivity index (χ4v) is 2.00. The van der Waals surface area contributed by atoms with Crippen molar-refractivity contribution >= 4 is 17.0 Å². The van der Waals surface area contributed by atoms with E-state index in [0.717, 1.165) is 0 Å². The third-order valence-corrected chi connectivity index (χ3v) is 2.91. The van der Waals surface area contributed by atoms with E-state index in [1.54, 1.807) is 16.7 Å². The summed E-state index contributed by atoms with van der Waals surface area (Å²) in [5.41, 5.74) is 6.71. The minimum Gasteiger partial charge on any atom is -0.388 e. The number of aromatic nitrogens is 4. The average molecular weight is 233 g/mol. The first kappa shape index (κ1) is 10.2. The van der Waals surface area contributed by atoms with Gasteiger partial charge in [-0.25, -0.2) is 15.0 Å². The maximum Gasteiger partial charge on any atom is 0.166 e. The highest BCUT2D eigenvalue weighted by molar-refractivity contribution is 5.81. The molecular weight excluding hydrogens is 222 g/mol. The van der Waals surface area contributed by atoms with Crippen molar-refractivity contribution in [1.82, 2.24) is 19.5 Å². The number of nitrogens with zero attached hydrogens (tertiary/aromatic N) is 4. The molecule has 1 unspecified atom stereocenters. The topological polar surface area (TPSA) is 110 Å². The van der Waals surface area contributed by atoms with Crippen LogP contribution < -0.4 is 5.73 Å². The molecule has 4 N–H and O–H groups in total. The Bertz CT molecular complexity index is 593. The molecule has 0 amide bonds. The molecule has 2 aromatic heterocycles. The van der Waals surface area contributed by atoms with Gasteiger partial charge in [0.25, 0.3) is 0 Å². The van der Waals surface area contributed by atoms with E-state index in [2.05, 4.69) is 15.0 Å². The second-order valence-corrected chi connectivity index (χ2v) is 3.94. The Morgan fingerprint density at radius 2 is 2.00 bits per heavy atom. The molecule has 0 saturated carbocycles. The van der Waals surface area contributed by atoms with Gasteiger partial charge in [-0.1, -0.05) is 12.2 Å². The van der Waals surface area contributed by atoms with Crippen molar-refractivity contribution in [3.05, 3.63) is 24.8 Å². The van der Waals surface area contributed by atoms with E-state index in [4.69, 9.17) is 5.73 Å². The van der Waals surface area contributed by atoms with E-state index in [0.29, 0.717) is 17.0 Å². The fraction of sp³-hybridized carbons (Fsp3) is 0.300. The minimum atomic E-state index is -0.899. The zero-order chi connectivity index (χ0) is 12.0. The number of anilines is 1. The number of nitrogens with two attached hydrogens (primary N) is 1. The molecule has 2 heterocycles. The lowest BCUT2D eigenvalue weighted by atomic mass is 10.2. The quantitative estimate of drug-likeness (QED) is 0.558. The molecule has 7 nitrogen and oxygen atoms in total. The van der Waals surface area contributed by atoms with E-state index < -0.39 is 12.2 Å². The van der Waals surface area contributed by atoms with Gasteiger partial charge in [-0.3, -0.25) is 0 Å². The molecule has 0 fully saturated rings. The van der Waals surface area contributed by atoms with Crippen LogP contribution in [0.15, 0.2) is 24.8 Å². The van der Waals surface area contributed by atoms with Crippen LogP contribution >= 0.6 is 0 Å². The monoisotopic (exact) mass is 233 g/mol. The van der Waals surface area contributed by atoms with Crippen molar-refractivity contribution < 1.29 is 10.2 Å². The van der Waals surface area contributed by atoms with Crippen LogP contribution in [0.3, 0.4) is 0 Å². The number of hydrogen-bond acceptors (Lipinski definition) is 6. The first-order valence-corrected chi connectivity index (χ1v) is 5.16. The van der Waals surface area contributed by atoms with Crippen molar-refractivity contribution in [1.29, 1.82) is 0 Å². The molecule has 7 heteroatoms. The first-order valence-electron chi connectivity index (χ1n) is 5.16. The van der Waals surface area contributed by atoms with Gasteiger partial charge in [0.15, 0.2) is 11.5 Å². The van der Waals surface area contributed by atoms with Crippen LogP contribution in [-0.4, -0.2) is 41.9 Å². The van der Waals surface area contributed by atoms with Gasteiger partial charge in [0.2, 0.25) is 0 Å². The molecule has 3 rings (SSSR count). The van der Waals surface area contributed by atoms with Gasteiger partial charge in [-0.05, 0) is 0 Å². The predicted molar refractivity (Wildman–Crippen MR) is 59.9 cm³/mol. The molecular formula is C10H11N5O2. The summed E-state index contributed by atoms with van der Waals surface area (Å²) < 4.78 is 1.67. The minimum absolute atomic E-state index is 0.297. The molecule has 0 bridgehead atoms. The van der Waals surface area contributed by atoms with Crippen LogP contribution in [-0.2, 0) is 0 Å². The molecule has 0 aliphatic heterocycles. The number of rotatable bonds is 1. The number of hydrogen-bond donors (Lipinski definition) is 3. The summed E-state index contributed by atoms with van der Waals surface area (Å²) in [6.45, 7) is 0. The number of aliphatic hydroxyl groups is 2. The van der Waals surface area contributed by atoms with Crippen molar-refractivity contribution in [3.8, 4) is 0 Å². The molecule has 1 aliphatic carbocycles. The molecule has 0 saturated heterocycles. The van der Waals surface area contributed by atoms with Crippen LogP contribution in [0.4, 0.5) is 5.82 Å². The SMILES string of the molecule is Nc1ncnc2c1ncn2[C@@H]1C=C[C@@H](O)C1O. The highest BCUT2D eigenvalue weighted by atomic mass is 16.3. The highest BCUT2D eigenvalue weighted by Crippen LogP contribution is 2.27. The summed E-state index contributed by atoms with van der Waals surface area (Å²) in [5.74, 6) is 0.297. The zero-order valence-electron chi connectivity index (χ0n) is 8.80. The molecule has 17 heavy (non-hydrogen) atoms. The lowest BCUT2D eigenvalue weighted by Crippen LogP contribution is -2.27. The van der Waals surface area contributed by atoms with Crippen molar-refractivity contribution in [2.24, 2.45) is 0 Å². The number of nitrogen functional groups attached to an aromatic ring is 1. The van der Waals surface area contributed by atoms with Gasteiger partial charge in [0, 0.05) is 0 Å². The normalized spacial score (nSPS) is 28.0. The first-order chi connectivity index (χ1) is 8.18. The van der Waals surface area contributed by atoms with Gasteiger partial charge in [0.1, 0.15) is 24.1 Å². The summed E-state index contributed by atoms with van der Waals surface area (Å²) in [4.78, 5) is 12.0. The Labute approximate surface area is 96.2 Å². The second-order valence-electron chi connectivity index (χ2n) is 3.94. The summed E-state index contributed by atoms with van der Waals surface area (Å²) in [6, 6.07) is -0.385. The maximum atomic E-state index is 9.82. The fourth-order valence-electron chi connectivity index (χ4n) is 2.00. The standard InChI is InChI=1S/C10H11N5O2/c11-9-7-10(13-3-12-9)15(4-14-7)5-1-2-6(16)8(5)17/h1-6,8,16-17H,(H2,11,12,13)/t5-,6-,8?/m1/s1. The summed E-state index contributed by atoms with van der Waals surface area (Å²) in [5, 5.41) is 19.3. The Morgan fingerprint density at radius 1 is 1.18 bits per heavy atom. The zero-order valence-corrected chi connectivity index (χ0v) is 8.80. The molecule has 0 spiro atoms. The van der Waals surface area contributed by atoms with Crippen molar-refractivity contribution in [2.75, 3.05) is 5.73 Å². The number of aliphatic hydroxyl groups excluding tert-OH is 2. The largest absolute Gasteiger partial charge is 0.388 e. The highest BCUT2D eigenvalue weighted by Gasteiger charge is 2.30. The smallest absolute Gasteiger partial charge is 0.166 e. The van der Waals surface area contributed by atoms with Crippen LogP contribution in [0.5, 0.6) is 0 Å². The van der Waals surface area contributed by atoms with Crippen molar-refractivity contribution in [2.45, 2.75) is 18.2 Å². The molecule has 0 radical (unpaired) electrons. The second kappa shape index (κ2) is 3.51. The maximum absolute atomic E-state index is 9.82. The van der Waals surface area contributed by atoms with E-state index in [-0.39, 0.29) is 6.04 Å². The number of imidazole rings is 1. The van der Waals surface area contributed by atoms with Crippen LogP contribution in [0, 0.1) is 0 Å². The Hall–Kier alpha value is -1.99. The predicted octanol–water partition coefficient (Wildman–Crippen LogP) is -0.759. The lowest BCUT2D eigenvalue weighted by Gasteiger charge is -2.18. The van der Waals surface area contributed by atoms with E-state index in [1.165, 1.54) is 12.7 Å². The Kier molecular flexibility index (Phi) is 2.10. The molecule has 1 aliphatic rings. The Balaban J connectivity index is 2.13. The lowest BCUT2D eigenvalue weighted by molar-refractivity contribution is 0.0375. The summed E-state index contributed by atoms with van der Waals surface area (Å²) in [6.07, 6.45) is 4.38. The van der Waals surface area contributed by atoms with E-state index in [9.17, 15) is 10.2 Å². The average Bonchev–Trinajstić information content (AvgIpc) is 2.86. The van der Waals surface area contributed by atoms with Gasteiger partial charge in [-0.2, -0.15) is 0 Å². The number of fused-ring (bicyclic) bond motifs is 1. The van der Waals surface area contributed by atoms with E-state index >= 15 is 0 Å². The third kappa shape index (κ3) is 1.40. The van der Waals surface area contributed by atoms with Crippen LogP contribution in [0.25, 0.3) is 11.2 Å². The summed E-state index contributed by atoms with van der Waals surface area (Å²) >= 11 is 0. The van der Waals surface area contributed by atoms with Crippen molar-refractivity contribution in [3.63, 3.8) is 0 Å².